The maximum Gasteiger partial charge on any atom is 0.274 e. The average Bonchev–Trinajstić information content (AvgIpc) is 2.64. The third-order valence-electron chi connectivity index (χ3n) is 3.86. The molecule has 1 aromatic heterocycles. The van der Waals surface area contributed by atoms with Crippen molar-refractivity contribution in [3.8, 4) is 0 Å². The zero-order valence-electron chi connectivity index (χ0n) is 14.5. The molecule has 0 saturated carbocycles. The standard InChI is InChI=1S/C20H19FN4O/c1-13(15-8-4-3-5-9-15)22-19-12-18(23-14(2)24-19)20(26)25-17-11-7-6-10-16(17)21/h3-13H,1-2H3,(H,25,26)(H,22,23,24). The largest absolute Gasteiger partial charge is 0.363 e. The van der Waals surface area contributed by atoms with Crippen LogP contribution in [0.3, 0.4) is 0 Å². The van der Waals surface area contributed by atoms with E-state index in [2.05, 4.69) is 20.6 Å². The quantitative estimate of drug-likeness (QED) is 0.718. The fourth-order valence-electron chi connectivity index (χ4n) is 2.55. The first kappa shape index (κ1) is 17.5. The third-order valence-corrected chi connectivity index (χ3v) is 3.86. The summed E-state index contributed by atoms with van der Waals surface area (Å²) in [4.78, 5) is 20.9. The molecule has 26 heavy (non-hydrogen) atoms. The second kappa shape index (κ2) is 7.74. The molecule has 1 heterocycles. The van der Waals surface area contributed by atoms with Gasteiger partial charge in [0.25, 0.3) is 5.91 Å². The highest BCUT2D eigenvalue weighted by Crippen LogP contribution is 2.19. The van der Waals surface area contributed by atoms with E-state index in [4.69, 9.17) is 0 Å². The molecule has 3 aromatic rings. The van der Waals surface area contributed by atoms with E-state index >= 15 is 0 Å². The molecule has 132 valence electrons. The van der Waals surface area contributed by atoms with Crippen LogP contribution >= 0.6 is 0 Å². The minimum atomic E-state index is -0.498. The molecule has 0 saturated heterocycles. The molecule has 0 aliphatic rings. The van der Waals surface area contributed by atoms with E-state index in [-0.39, 0.29) is 17.4 Å². The van der Waals surface area contributed by atoms with Gasteiger partial charge in [-0.3, -0.25) is 4.79 Å². The summed E-state index contributed by atoms with van der Waals surface area (Å²) in [7, 11) is 0. The fraction of sp³-hybridized carbons (Fsp3) is 0.150. The van der Waals surface area contributed by atoms with Crippen LogP contribution in [0.4, 0.5) is 15.9 Å². The number of carbonyl (C=O) groups excluding carboxylic acids is 1. The highest BCUT2D eigenvalue weighted by molar-refractivity contribution is 6.03. The summed E-state index contributed by atoms with van der Waals surface area (Å²) in [6.07, 6.45) is 0. The van der Waals surface area contributed by atoms with E-state index < -0.39 is 11.7 Å². The Morgan fingerprint density at radius 3 is 2.46 bits per heavy atom. The number of hydrogen-bond acceptors (Lipinski definition) is 4. The Kier molecular flexibility index (Phi) is 5.22. The number of aryl methyl sites for hydroxylation is 1. The van der Waals surface area contributed by atoms with E-state index in [0.29, 0.717) is 11.6 Å². The van der Waals surface area contributed by atoms with Crippen LogP contribution in [0, 0.1) is 12.7 Å². The molecule has 0 spiro atoms. The van der Waals surface area contributed by atoms with E-state index in [1.54, 1.807) is 25.1 Å². The van der Waals surface area contributed by atoms with Gasteiger partial charge >= 0.3 is 0 Å². The number of para-hydroxylation sites is 1. The lowest BCUT2D eigenvalue weighted by atomic mass is 10.1. The van der Waals surface area contributed by atoms with Crippen molar-refractivity contribution in [1.29, 1.82) is 0 Å². The van der Waals surface area contributed by atoms with Gasteiger partial charge in [-0.15, -0.1) is 0 Å². The first-order valence-electron chi connectivity index (χ1n) is 8.26. The number of nitrogens with one attached hydrogen (secondary N) is 2. The highest BCUT2D eigenvalue weighted by Gasteiger charge is 2.14. The van der Waals surface area contributed by atoms with Gasteiger partial charge < -0.3 is 10.6 Å². The number of hydrogen-bond donors (Lipinski definition) is 2. The van der Waals surface area contributed by atoms with Gasteiger partial charge in [0.15, 0.2) is 0 Å². The Labute approximate surface area is 151 Å². The molecule has 0 aliphatic carbocycles. The molecule has 6 heteroatoms. The van der Waals surface area contributed by atoms with Crippen molar-refractivity contribution < 1.29 is 9.18 Å². The van der Waals surface area contributed by atoms with Crippen molar-refractivity contribution in [2.24, 2.45) is 0 Å². The number of carbonyl (C=O) groups is 1. The zero-order chi connectivity index (χ0) is 18.5. The second-order valence-corrected chi connectivity index (χ2v) is 5.90. The van der Waals surface area contributed by atoms with E-state index in [0.717, 1.165) is 5.56 Å². The van der Waals surface area contributed by atoms with E-state index in [9.17, 15) is 9.18 Å². The lowest BCUT2D eigenvalue weighted by molar-refractivity contribution is 0.102. The molecule has 1 amide bonds. The molecule has 0 radical (unpaired) electrons. The van der Waals surface area contributed by atoms with Crippen molar-refractivity contribution in [2.45, 2.75) is 19.9 Å². The molecular formula is C20H19FN4O. The van der Waals surface area contributed by atoms with Gasteiger partial charge in [0, 0.05) is 12.1 Å². The predicted molar refractivity (Wildman–Crippen MR) is 99.6 cm³/mol. The topological polar surface area (TPSA) is 66.9 Å². The van der Waals surface area contributed by atoms with Crippen LogP contribution in [0.15, 0.2) is 60.7 Å². The minimum Gasteiger partial charge on any atom is -0.363 e. The van der Waals surface area contributed by atoms with Crippen LogP contribution in [-0.4, -0.2) is 15.9 Å². The van der Waals surface area contributed by atoms with Crippen LogP contribution in [0.5, 0.6) is 0 Å². The number of benzene rings is 2. The van der Waals surface area contributed by atoms with Crippen LogP contribution in [-0.2, 0) is 0 Å². The summed E-state index contributed by atoms with van der Waals surface area (Å²) in [5, 5.41) is 5.80. The number of nitrogens with zero attached hydrogens (tertiary/aromatic N) is 2. The van der Waals surface area contributed by atoms with Gasteiger partial charge in [-0.25, -0.2) is 14.4 Å². The Morgan fingerprint density at radius 2 is 1.73 bits per heavy atom. The summed E-state index contributed by atoms with van der Waals surface area (Å²) in [5.74, 6) is 0.000160. The summed E-state index contributed by atoms with van der Waals surface area (Å²) in [5.41, 5.74) is 1.38. The lowest BCUT2D eigenvalue weighted by Gasteiger charge is -2.16. The van der Waals surface area contributed by atoms with Crippen LogP contribution in [0.25, 0.3) is 0 Å². The highest BCUT2D eigenvalue weighted by atomic mass is 19.1. The number of anilines is 2. The van der Waals surface area contributed by atoms with Gasteiger partial charge in [0.2, 0.25) is 0 Å². The lowest BCUT2D eigenvalue weighted by Crippen LogP contribution is -2.17. The van der Waals surface area contributed by atoms with Crippen molar-refractivity contribution in [3.05, 3.63) is 83.6 Å². The van der Waals surface area contributed by atoms with Crippen molar-refractivity contribution in [2.75, 3.05) is 10.6 Å². The van der Waals surface area contributed by atoms with Crippen LogP contribution in [0.1, 0.15) is 34.8 Å². The predicted octanol–water partition coefficient (Wildman–Crippen LogP) is 4.35. The number of halogens is 1. The van der Waals surface area contributed by atoms with E-state index in [1.807, 2.05) is 37.3 Å². The summed E-state index contributed by atoms with van der Waals surface area (Å²) >= 11 is 0. The van der Waals surface area contributed by atoms with Gasteiger partial charge in [-0.05, 0) is 31.5 Å². The second-order valence-electron chi connectivity index (χ2n) is 5.90. The molecule has 2 N–H and O–H groups in total. The van der Waals surface area contributed by atoms with Crippen molar-refractivity contribution in [1.82, 2.24) is 9.97 Å². The van der Waals surface area contributed by atoms with E-state index in [1.165, 1.54) is 12.1 Å². The molecule has 3 rings (SSSR count). The van der Waals surface area contributed by atoms with Crippen LogP contribution in [0.2, 0.25) is 0 Å². The maximum atomic E-state index is 13.7. The zero-order valence-corrected chi connectivity index (χ0v) is 14.5. The Bertz CT molecular complexity index is 915. The van der Waals surface area contributed by atoms with Gasteiger partial charge in [-0.2, -0.15) is 0 Å². The van der Waals surface area contributed by atoms with Gasteiger partial charge in [0.1, 0.15) is 23.2 Å². The minimum absolute atomic E-state index is 0.00739. The van der Waals surface area contributed by atoms with Gasteiger partial charge in [-0.1, -0.05) is 42.5 Å². The molecule has 2 aromatic carbocycles. The maximum absolute atomic E-state index is 13.7. The molecule has 0 aliphatic heterocycles. The SMILES string of the molecule is Cc1nc(NC(C)c2ccccc2)cc(C(=O)Nc2ccccc2F)n1. The summed E-state index contributed by atoms with van der Waals surface area (Å²) in [6.45, 7) is 3.71. The fourth-order valence-corrected chi connectivity index (χ4v) is 2.55. The smallest absolute Gasteiger partial charge is 0.274 e. The molecule has 5 nitrogen and oxygen atoms in total. The summed E-state index contributed by atoms with van der Waals surface area (Å²) in [6, 6.07) is 17.5. The molecule has 1 unspecified atom stereocenters. The molecular weight excluding hydrogens is 331 g/mol. The molecule has 0 fully saturated rings. The monoisotopic (exact) mass is 350 g/mol. The molecule has 1 atom stereocenters. The third kappa shape index (κ3) is 4.22. The Balaban J connectivity index is 1.79. The van der Waals surface area contributed by atoms with Crippen molar-refractivity contribution >= 4 is 17.4 Å². The Morgan fingerprint density at radius 1 is 1.04 bits per heavy atom. The van der Waals surface area contributed by atoms with Crippen LogP contribution < -0.4 is 10.6 Å². The van der Waals surface area contributed by atoms with Gasteiger partial charge in [0.05, 0.1) is 5.69 Å². The molecule has 0 bridgehead atoms. The first-order valence-corrected chi connectivity index (χ1v) is 8.26. The number of aromatic nitrogens is 2. The summed E-state index contributed by atoms with van der Waals surface area (Å²) < 4.78 is 13.7. The first-order chi connectivity index (χ1) is 12.5. The number of amides is 1. The van der Waals surface area contributed by atoms with Crippen molar-refractivity contribution in [3.63, 3.8) is 0 Å². The Hall–Kier alpha value is -3.28. The average molecular weight is 350 g/mol. The normalized spacial score (nSPS) is 11.7. The number of rotatable bonds is 5.